The topological polar surface area (TPSA) is 105 Å². The molecule has 0 aliphatic carbocycles. The van der Waals surface area contributed by atoms with Crippen molar-refractivity contribution in [3.63, 3.8) is 0 Å². The molecule has 26 heavy (non-hydrogen) atoms. The van der Waals surface area contributed by atoms with Crippen LogP contribution in [0.1, 0.15) is 19.3 Å². The maximum atomic E-state index is 11.8. The number of nitrogens with zero attached hydrogens (tertiary/aromatic N) is 6. The Morgan fingerprint density at radius 2 is 2.19 bits per heavy atom. The SMILES string of the molecule is O=c1cccnn1CCN1CCCCC1CNc1ncnc2nc[nH]c12. The Hall–Kier alpha value is -2.81. The van der Waals surface area contributed by atoms with E-state index < -0.39 is 0 Å². The van der Waals surface area contributed by atoms with Crippen molar-refractivity contribution in [2.45, 2.75) is 31.8 Å². The summed E-state index contributed by atoms with van der Waals surface area (Å²) in [4.78, 5) is 30.0. The summed E-state index contributed by atoms with van der Waals surface area (Å²) in [6, 6.07) is 3.62. The molecule has 1 fully saturated rings. The van der Waals surface area contributed by atoms with Crippen molar-refractivity contribution < 1.29 is 0 Å². The molecule has 9 nitrogen and oxygen atoms in total. The van der Waals surface area contributed by atoms with Crippen LogP contribution in [0.4, 0.5) is 5.82 Å². The molecule has 0 aromatic carbocycles. The van der Waals surface area contributed by atoms with Crippen LogP contribution in [0.5, 0.6) is 0 Å². The van der Waals surface area contributed by atoms with Gasteiger partial charge in [0.2, 0.25) is 0 Å². The van der Waals surface area contributed by atoms with Crippen molar-refractivity contribution in [3.8, 4) is 0 Å². The van der Waals surface area contributed by atoms with Gasteiger partial charge in [0.1, 0.15) is 11.8 Å². The summed E-state index contributed by atoms with van der Waals surface area (Å²) < 4.78 is 1.53. The zero-order chi connectivity index (χ0) is 17.8. The van der Waals surface area contributed by atoms with Crippen molar-refractivity contribution in [2.75, 3.05) is 25.0 Å². The van der Waals surface area contributed by atoms with E-state index in [1.165, 1.54) is 23.9 Å². The van der Waals surface area contributed by atoms with Gasteiger partial charge in [-0.3, -0.25) is 9.69 Å². The number of anilines is 1. The Morgan fingerprint density at radius 3 is 3.12 bits per heavy atom. The smallest absolute Gasteiger partial charge is 0.266 e. The zero-order valence-corrected chi connectivity index (χ0v) is 14.5. The number of aromatic nitrogens is 6. The van der Waals surface area contributed by atoms with Crippen LogP contribution in [-0.4, -0.2) is 60.3 Å². The Balaban J connectivity index is 1.40. The van der Waals surface area contributed by atoms with Gasteiger partial charge in [-0.1, -0.05) is 6.42 Å². The van der Waals surface area contributed by atoms with Gasteiger partial charge in [0.25, 0.3) is 5.56 Å². The molecule has 0 spiro atoms. The van der Waals surface area contributed by atoms with Crippen molar-refractivity contribution in [1.82, 2.24) is 34.6 Å². The van der Waals surface area contributed by atoms with Crippen molar-refractivity contribution in [2.24, 2.45) is 0 Å². The second-order valence-electron chi connectivity index (χ2n) is 6.47. The van der Waals surface area contributed by atoms with Crippen LogP contribution in [-0.2, 0) is 6.54 Å². The van der Waals surface area contributed by atoms with E-state index in [1.807, 2.05) is 0 Å². The minimum Gasteiger partial charge on any atom is -0.367 e. The number of likely N-dealkylation sites (tertiary alicyclic amines) is 1. The third-order valence-corrected chi connectivity index (χ3v) is 4.86. The molecule has 0 bridgehead atoms. The van der Waals surface area contributed by atoms with Crippen molar-refractivity contribution in [1.29, 1.82) is 0 Å². The lowest BCUT2D eigenvalue weighted by molar-refractivity contribution is 0.148. The molecule has 0 saturated carbocycles. The molecule has 0 radical (unpaired) electrons. The molecule has 9 heteroatoms. The van der Waals surface area contributed by atoms with Gasteiger partial charge in [-0.05, 0) is 25.5 Å². The van der Waals surface area contributed by atoms with E-state index in [1.54, 1.807) is 24.7 Å². The highest BCUT2D eigenvalue weighted by Gasteiger charge is 2.22. The highest BCUT2D eigenvalue weighted by molar-refractivity contribution is 5.81. The minimum absolute atomic E-state index is 0.0539. The predicted octanol–water partition coefficient (Wildman–Crippen LogP) is 0.876. The summed E-state index contributed by atoms with van der Waals surface area (Å²) >= 11 is 0. The Kier molecular flexibility index (Phi) is 4.87. The predicted molar refractivity (Wildman–Crippen MR) is 97.9 cm³/mol. The molecule has 1 aliphatic heterocycles. The van der Waals surface area contributed by atoms with E-state index in [0.717, 1.165) is 37.4 Å². The van der Waals surface area contributed by atoms with Gasteiger partial charge in [-0.2, -0.15) is 5.10 Å². The number of hydrogen-bond donors (Lipinski definition) is 2. The summed E-state index contributed by atoms with van der Waals surface area (Å²) in [5, 5.41) is 7.58. The van der Waals surface area contributed by atoms with E-state index in [2.05, 4.69) is 35.3 Å². The fourth-order valence-corrected chi connectivity index (χ4v) is 3.48. The fraction of sp³-hybridized carbons (Fsp3) is 0.471. The molecule has 3 aromatic heterocycles. The Morgan fingerprint density at radius 1 is 1.23 bits per heavy atom. The number of aromatic amines is 1. The minimum atomic E-state index is -0.0539. The third kappa shape index (κ3) is 3.57. The van der Waals surface area contributed by atoms with E-state index >= 15 is 0 Å². The molecule has 136 valence electrons. The molecule has 1 saturated heterocycles. The van der Waals surface area contributed by atoms with E-state index in [-0.39, 0.29) is 5.56 Å². The van der Waals surface area contributed by atoms with Gasteiger partial charge in [-0.15, -0.1) is 0 Å². The van der Waals surface area contributed by atoms with Crippen LogP contribution in [0, 0.1) is 0 Å². The Bertz CT molecular complexity index is 920. The van der Waals surface area contributed by atoms with Crippen molar-refractivity contribution in [3.05, 3.63) is 41.3 Å². The molecule has 1 aliphatic rings. The number of rotatable bonds is 6. The van der Waals surface area contributed by atoms with Crippen LogP contribution in [0.2, 0.25) is 0 Å². The maximum absolute atomic E-state index is 11.8. The summed E-state index contributed by atoms with van der Waals surface area (Å²) in [6.07, 6.45) is 8.34. The summed E-state index contributed by atoms with van der Waals surface area (Å²) in [5.74, 6) is 0.777. The average molecular weight is 354 g/mol. The summed E-state index contributed by atoms with van der Waals surface area (Å²) in [7, 11) is 0. The number of nitrogens with one attached hydrogen (secondary N) is 2. The molecule has 3 aromatic rings. The van der Waals surface area contributed by atoms with E-state index in [9.17, 15) is 4.79 Å². The summed E-state index contributed by atoms with van der Waals surface area (Å²) in [5.41, 5.74) is 1.44. The monoisotopic (exact) mass is 354 g/mol. The van der Waals surface area contributed by atoms with Crippen LogP contribution in [0.25, 0.3) is 11.2 Å². The molecular formula is C17H22N8O. The first-order valence-corrected chi connectivity index (χ1v) is 8.95. The highest BCUT2D eigenvalue weighted by atomic mass is 16.1. The maximum Gasteiger partial charge on any atom is 0.266 e. The lowest BCUT2D eigenvalue weighted by Crippen LogP contribution is -2.45. The normalized spacial score (nSPS) is 18.2. The molecule has 0 amide bonds. The number of hydrogen-bond acceptors (Lipinski definition) is 7. The van der Waals surface area contributed by atoms with Gasteiger partial charge in [0.05, 0.1) is 12.9 Å². The lowest BCUT2D eigenvalue weighted by atomic mass is 10.0. The molecule has 1 atom stereocenters. The van der Waals surface area contributed by atoms with Gasteiger partial charge in [0, 0.05) is 31.4 Å². The van der Waals surface area contributed by atoms with Gasteiger partial charge < -0.3 is 10.3 Å². The van der Waals surface area contributed by atoms with Crippen LogP contribution < -0.4 is 10.9 Å². The second kappa shape index (κ2) is 7.61. The molecule has 4 rings (SSSR count). The van der Waals surface area contributed by atoms with Crippen LogP contribution >= 0.6 is 0 Å². The molecular weight excluding hydrogens is 332 g/mol. The van der Waals surface area contributed by atoms with Crippen LogP contribution in [0.3, 0.4) is 0 Å². The quantitative estimate of drug-likeness (QED) is 0.677. The second-order valence-corrected chi connectivity index (χ2v) is 6.47. The van der Waals surface area contributed by atoms with Gasteiger partial charge >= 0.3 is 0 Å². The molecule has 1 unspecified atom stereocenters. The van der Waals surface area contributed by atoms with Crippen molar-refractivity contribution >= 4 is 17.0 Å². The number of imidazole rings is 1. The molecule has 2 N–H and O–H groups in total. The van der Waals surface area contributed by atoms with Gasteiger partial charge in [-0.25, -0.2) is 19.6 Å². The zero-order valence-electron chi connectivity index (χ0n) is 14.5. The first-order chi connectivity index (χ1) is 12.8. The summed E-state index contributed by atoms with van der Waals surface area (Å²) in [6.45, 7) is 3.25. The standard InChI is InChI=1S/C17H22N8O/c26-14-5-3-6-23-25(14)9-8-24-7-2-1-4-13(24)10-18-16-15-17(20-11-19-15)22-12-21-16/h3,5-6,11-13H,1-2,4,7-10H2,(H2,18,19,20,21,22). The number of fused-ring (bicyclic) bond motifs is 1. The van der Waals surface area contributed by atoms with Crippen LogP contribution in [0.15, 0.2) is 35.8 Å². The average Bonchev–Trinajstić information content (AvgIpc) is 3.16. The van der Waals surface area contributed by atoms with E-state index in [0.29, 0.717) is 18.2 Å². The first-order valence-electron chi connectivity index (χ1n) is 8.95. The van der Waals surface area contributed by atoms with Gasteiger partial charge in [0.15, 0.2) is 11.5 Å². The highest BCUT2D eigenvalue weighted by Crippen LogP contribution is 2.19. The fourth-order valence-electron chi connectivity index (χ4n) is 3.48. The largest absolute Gasteiger partial charge is 0.367 e. The molecule has 4 heterocycles. The third-order valence-electron chi connectivity index (χ3n) is 4.86. The van der Waals surface area contributed by atoms with E-state index in [4.69, 9.17) is 0 Å². The number of H-pyrrole nitrogens is 1. The lowest BCUT2D eigenvalue weighted by Gasteiger charge is -2.35. The Labute approximate surface area is 150 Å². The first kappa shape index (κ1) is 16.6. The number of piperidine rings is 1.